The van der Waals surface area contributed by atoms with Gasteiger partial charge in [0.15, 0.2) is 5.75 Å². The zero-order valence-corrected chi connectivity index (χ0v) is 19.2. The second kappa shape index (κ2) is 9.50. The molecule has 1 aliphatic rings. The van der Waals surface area contributed by atoms with Crippen LogP contribution < -0.4 is 38.2 Å². The van der Waals surface area contributed by atoms with E-state index >= 15 is 0 Å². The number of para-hydroxylation sites is 4. The molecule has 6 heteroatoms. The Morgan fingerprint density at radius 3 is 2.66 bits per heavy atom. The number of hydrogen-bond acceptors (Lipinski definition) is 3. The average Bonchev–Trinajstić information content (AvgIpc) is 3.27. The van der Waals surface area contributed by atoms with E-state index < -0.39 is 0 Å². The maximum atomic E-state index is 6.41. The number of nitrogens with zero attached hydrogens (tertiary/aromatic N) is 2. The van der Waals surface area contributed by atoms with E-state index in [2.05, 4.69) is 35.4 Å². The lowest BCUT2D eigenvalue weighted by Crippen LogP contribution is -3.00. The van der Waals surface area contributed by atoms with Crippen LogP contribution in [0.3, 0.4) is 0 Å². The predicted molar refractivity (Wildman–Crippen MR) is 113 cm³/mol. The lowest BCUT2D eigenvalue weighted by molar-refractivity contribution is -0.674. The SMILES string of the molecule is CCN1C(=CC=C(Cl)C=Cc2oc3ccccc3[n+]2CC)Oc2ccccc21.[I-]. The van der Waals surface area contributed by atoms with Crippen molar-refractivity contribution in [3.05, 3.63) is 83.6 Å². The fraction of sp³-hybridized carbons (Fsp3) is 0.174. The Labute approximate surface area is 192 Å². The third-order valence-electron chi connectivity index (χ3n) is 4.68. The van der Waals surface area contributed by atoms with Crippen molar-refractivity contribution in [2.24, 2.45) is 0 Å². The van der Waals surface area contributed by atoms with E-state index in [-0.39, 0.29) is 24.0 Å². The van der Waals surface area contributed by atoms with Crippen molar-refractivity contribution in [1.82, 2.24) is 0 Å². The van der Waals surface area contributed by atoms with Crippen LogP contribution in [0.4, 0.5) is 5.69 Å². The van der Waals surface area contributed by atoms with E-state index in [4.69, 9.17) is 20.8 Å². The number of anilines is 1. The van der Waals surface area contributed by atoms with Crippen LogP contribution >= 0.6 is 11.6 Å². The third-order valence-corrected chi connectivity index (χ3v) is 4.93. The number of halogens is 2. The molecule has 0 fully saturated rings. The number of rotatable bonds is 5. The maximum Gasteiger partial charge on any atom is 0.374 e. The number of aryl methyl sites for hydroxylation is 1. The monoisotopic (exact) mass is 520 g/mol. The molecule has 4 rings (SSSR count). The molecule has 1 aromatic heterocycles. The number of hydrogen-bond donors (Lipinski definition) is 0. The minimum absolute atomic E-state index is 0. The average molecular weight is 521 g/mol. The van der Waals surface area contributed by atoms with E-state index in [0.29, 0.717) is 5.03 Å². The van der Waals surface area contributed by atoms with Crippen molar-refractivity contribution in [1.29, 1.82) is 0 Å². The van der Waals surface area contributed by atoms with Gasteiger partial charge in [-0.2, -0.15) is 4.57 Å². The van der Waals surface area contributed by atoms with Gasteiger partial charge in [0.25, 0.3) is 5.52 Å². The number of fused-ring (bicyclic) bond motifs is 2. The standard InChI is InChI=1S/C23H22ClN2O2.HI/c1-3-25-18-9-5-7-11-20(18)27-22(25)15-13-17(24)14-16-23-26(4-2)19-10-6-8-12-21(19)28-23;/h5-16H,3-4H2,1-2H3;1H/q+1;/p-1. The van der Waals surface area contributed by atoms with Crippen molar-refractivity contribution < 1.29 is 37.7 Å². The first kappa shape index (κ1) is 21.5. The quantitative estimate of drug-likeness (QED) is 0.294. The van der Waals surface area contributed by atoms with E-state index in [9.17, 15) is 0 Å². The summed E-state index contributed by atoms with van der Waals surface area (Å²) in [5.41, 5.74) is 3.01. The number of ether oxygens (including phenoxy) is 1. The summed E-state index contributed by atoms with van der Waals surface area (Å²) in [6.07, 6.45) is 7.45. The summed E-state index contributed by atoms with van der Waals surface area (Å²) in [5, 5.41) is 0.589. The molecule has 4 nitrogen and oxygen atoms in total. The Kier molecular flexibility index (Phi) is 7.03. The van der Waals surface area contributed by atoms with Crippen LogP contribution in [0.1, 0.15) is 19.7 Å². The van der Waals surface area contributed by atoms with Gasteiger partial charge < -0.3 is 38.0 Å². The Morgan fingerprint density at radius 2 is 1.86 bits per heavy atom. The minimum atomic E-state index is 0. The van der Waals surface area contributed by atoms with Gasteiger partial charge in [-0.1, -0.05) is 35.9 Å². The van der Waals surface area contributed by atoms with Gasteiger partial charge >= 0.3 is 5.89 Å². The van der Waals surface area contributed by atoms with Crippen LogP contribution in [0.5, 0.6) is 5.75 Å². The topological polar surface area (TPSA) is 29.5 Å². The maximum absolute atomic E-state index is 6.41. The molecular weight excluding hydrogens is 499 g/mol. The van der Waals surface area contributed by atoms with Crippen molar-refractivity contribution in [3.8, 4) is 5.75 Å². The Bertz CT molecular complexity index is 1100. The summed E-state index contributed by atoms with van der Waals surface area (Å²) < 4.78 is 14.0. The van der Waals surface area contributed by atoms with Gasteiger partial charge in [0.2, 0.25) is 11.5 Å². The number of oxazole rings is 1. The molecule has 0 saturated carbocycles. The third kappa shape index (κ3) is 4.36. The fourth-order valence-corrected chi connectivity index (χ4v) is 3.49. The molecule has 0 atom stereocenters. The van der Waals surface area contributed by atoms with Crippen LogP contribution in [-0.4, -0.2) is 6.54 Å². The van der Waals surface area contributed by atoms with Crippen molar-refractivity contribution in [2.45, 2.75) is 20.4 Å². The Hall–Kier alpha value is -2.25. The van der Waals surface area contributed by atoms with Crippen molar-refractivity contribution in [3.63, 3.8) is 0 Å². The first-order valence-corrected chi connectivity index (χ1v) is 9.80. The Morgan fingerprint density at radius 1 is 1.10 bits per heavy atom. The van der Waals surface area contributed by atoms with Crippen LogP contribution in [0, 0.1) is 0 Å². The van der Waals surface area contributed by atoms with E-state index in [1.54, 1.807) is 0 Å². The second-order valence-electron chi connectivity index (χ2n) is 6.36. The van der Waals surface area contributed by atoms with Crippen LogP contribution in [0.2, 0.25) is 0 Å². The summed E-state index contributed by atoms with van der Waals surface area (Å²) in [7, 11) is 0. The van der Waals surface area contributed by atoms with Gasteiger partial charge in [-0.15, -0.1) is 0 Å². The van der Waals surface area contributed by atoms with Crippen LogP contribution in [-0.2, 0) is 6.54 Å². The van der Waals surface area contributed by atoms with Crippen molar-refractivity contribution in [2.75, 3.05) is 11.4 Å². The van der Waals surface area contributed by atoms with Crippen LogP contribution in [0.25, 0.3) is 17.2 Å². The molecule has 2 heterocycles. The predicted octanol–water partition coefficient (Wildman–Crippen LogP) is 2.64. The minimum Gasteiger partial charge on any atom is -1.00 e. The second-order valence-corrected chi connectivity index (χ2v) is 6.79. The molecule has 2 aromatic carbocycles. The molecule has 0 radical (unpaired) electrons. The first-order chi connectivity index (χ1) is 13.7. The van der Waals surface area contributed by atoms with Gasteiger partial charge in [0, 0.05) is 23.7 Å². The van der Waals surface area contributed by atoms with E-state index in [0.717, 1.165) is 47.4 Å². The zero-order valence-electron chi connectivity index (χ0n) is 16.3. The van der Waals surface area contributed by atoms with Crippen LogP contribution in [0.15, 0.2) is 82.1 Å². The summed E-state index contributed by atoms with van der Waals surface area (Å²) >= 11 is 6.41. The summed E-state index contributed by atoms with van der Waals surface area (Å²) in [5.74, 6) is 2.40. The molecule has 1 aliphatic heterocycles. The molecule has 3 aromatic rings. The lowest BCUT2D eigenvalue weighted by atomic mass is 10.3. The molecule has 0 unspecified atom stereocenters. The highest BCUT2D eigenvalue weighted by molar-refractivity contribution is 6.31. The van der Waals surface area contributed by atoms with Gasteiger partial charge in [0.1, 0.15) is 6.54 Å². The summed E-state index contributed by atoms with van der Waals surface area (Å²) in [6, 6.07) is 16.0. The largest absolute Gasteiger partial charge is 1.00 e. The number of allylic oxidation sites excluding steroid dienone is 4. The Balaban J connectivity index is 0.00000240. The number of benzene rings is 2. The molecular formula is C23H22ClIN2O2. The molecule has 0 N–H and O–H groups in total. The zero-order chi connectivity index (χ0) is 19.5. The highest BCUT2D eigenvalue weighted by Gasteiger charge is 2.23. The van der Waals surface area contributed by atoms with Crippen molar-refractivity contribution >= 4 is 34.5 Å². The van der Waals surface area contributed by atoms with Gasteiger partial charge in [-0.25, -0.2) is 0 Å². The molecule has 0 amide bonds. The lowest BCUT2D eigenvalue weighted by Gasteiger charge is -2.14. The molecule has 0 spiro atoms. The molecule has 150 valence electrons. The summed E-state index contributed by atoms with van der Waals surface area (Å²) in [6.45, 7) is 5.82. The van der Waals surface area contributed by atoms with Gasteiger partial charge in [-0.3, -0.25) is 0 Å². The summed E-state index contributed by atoms with van der Waals surface area (Å²) in [4.78, 5) is 2.12. The molecule has 0 aliphatic carbocycles. The van der Waals surface area contributed by atoms with E-state index in [1.807, 2.05) is 60.7 Å². The molecule has 0 saturated heterocycles. The number of aromatic nitrogens is 1. The smallest absolute Gasteiger partial charge is 0.374 e. The van der Waals surface area contributed by atoms with E-state index in [1.165, 1.54) is 0 Å². The van der Waals surface area contributed by atoms with Gasteiger partial charge in [0.05, 0.1) is 11.8 Å². The molecule has 0 bridgehead atoms. The fourth-order valence-electron chi connectivity index (χ4n) is 3.36. The highest BCUT2D eigenvalue weighted by Crippen LogP contribution is 2.38. The normalized spacial score (nSPS) is 15.1. The molecule has 29 heavy (non-hydrogen) atoms. The first-order valence-electron chi connectivity index (χ1n) is 9.42. The highest BCUT2D eigenvalue weighted by atomic mass is 127. The van der Waals surface area contributed by atoms with Gasteiger partial charge in [-0.05, 0) is 44.2 Å².